The minimum absolute atomic E-state index is 0.108. The van der Waals surface area contributed by atoms with Crippen molar-refractivity contribution in [2.75, 3.05) is 5.75 Å². The number of carboxylic acid groups (broad SMARTS) is 1. The number of aryl methyl sites for hydroxylation is 1. The molecular weight excluding hydrogens is 276 g/mol. The number of amides is 1. The largest absolute Gasteiger partial charge is 0.480 e. The van der Waals surface area contributed by atoms with E-state index in [0.29, 0.717) is 17.0 Å². The lowest BCUT2D eigenvalue weighted by atomic mass is 10.1. The van der Waals surface area contributed by atoms with E-state index in [4.69, 9.17) is 0 Å². The molecule has 20 heavy (non-hydrogen) atoms. The van der Waals surface area contributed by atoms with Gasteiger partial charge in [-0.3, -0.25) is 9.78 Å². The van der Waals surface area contributed by atoms with E-state index < -0.39 is 12.0 Å². The molecule has 1 aliphatic heterocycles. The Kier molecular flexibility index (Phi) is 4.32. The van der Waals surface area contributed by atoms with E-state index in [0.717, 1.165) is 0 Å². The van der Waals surface area contributed by atoms with Crippen molar-refractivity contribution in [1.82, 2.24) is 9.88 Å². The fourth-order valence-corrected chi connectivity index (χ4v) is 3.81. The minimum Gasteiger partial charge on any atom is -0.480 e. The maximum absolute atomic E-state index is 12.7. The lowest BCUT2D eigenvalue weighted by Gasteiger charge is -2.30. The van der Waals surface area contributed by atoms with Crippen LogP contribution in [0.15, 0.2) is 18.3 Å². The summed E-state index contributed by atoms with van der Waals surface area (Å²) in [6, 6.07) is 2.63. The summed E-state index contributed by atoms with van der Waals surface area (Å²) in [7, 11) is 0. The molecule has 1 fully saturated rings. The Labute approximate surface area is 122 Å². The Bertz CT molecular complexity index is 533. The van der Waals surface area contributed by atoms with Crippen LogP contribution in [-0.2, 0) is 4.79 Å². The molecule has 1 aromatic rings. The summed E-state index contributed by atoms with van der Waals surface area (Å²) >= 11 is 1.53. The van der Waals surface area contributed by atoms with E-state index in [1.165, 1.54) is 16.7 Å². The van der Waals surface area contributed by atoms with Gasteiger partial charge >= 0.3 is 5.97 Å². The maximum Gasteiger partial charge on any atom is 0.327 e. The zero-order valence-electron chi connectivity index (χ0n) is 11.7. The second-order valence-corrected chi connectivity index (χ2v) is 6.32. The van der Waals surface area contributed by atoms with Gasteiger partial charge < -0.3 is 10.0 Å². The summed E-state index contributed by atoms with van der Waals surface area (Å²) < 4.78 is 0. The first-order chi connectivity index (χ1) is 9.43. The van der Waals surface area contributed by atoms with Crippen LogP contribution in [0.5, 0.6) is 0 Å². The van der Waals surface area contributed by atoms with Gasteiger partial charge in [-0.25, -0.2) is 4.79 Å². The number of aromatic nitrogens is 1. The van der Waals surface area contributed by atoms with Gasteiger partial charge in [0, 0.05) is 17.6 Å². The number of hydrogen-bond acceptors (Lipinski definition) is 4. The van der Waals surface area contributed by atoms with Crippen molar-refractivity contribution in [2.45, 2.75) is 32.2 Å². The van der Waals surface area contributed by atoms with Gasteiger partial charge in [-0.2, -0.15) is 0 Å². The normalized spacial score (nSPS) is 22.3. The number of hydrogen-bond donors (Lipinski definition) is 1. The molecule has 0 radical (unpaired) electrons. The van der Waals surface area contributed by atoms with Crippen molar-refractivity contribution in [1.29, 1.82) is 0 Å². The third-order valence-corrected chi connectivity index (χ3v) is 4.98. The second kappa shape index (κ2) is 5.83. The number of thioether (sulfide) groups is 1. The zero-order valence-corrected chi connectivity index (χ0v) is 12.6. The van der Waals surface area contributed by atoms with E-state index in [1.54, 1.807) is 25.3 Å². The van der Waals surface area contributed by atoms with Crippen molar-refractivity contribution >= 4 is 23.6 Å². The highest BCUT2D eigenvalue weighted by Crippen LogP contribution is 2.35. The molecule has 2 rings (SSSR count). The average molecular weight is 294 g/mol. The van der Waals surface area contributed by atoms with Crippen LogP contribution in [0.4, 0.5) is 0 Å². The van der Waals surface area contributed by atoms with E-state index in [-0.39, 0.29) is 17.2 Å². The fourth-order valence-electron chi connectivity index (χ4n) is 2.34. The van der Waals surface area contributed by atoms with E-state index in [2.05, 4.69) is 4.98 Å². The van der Waals surface area contributed by atoms with Crippen molar-refractivity contribution in [3.05, 3.63) is 29.6 Å². The molecule has 5 nitrogen and oxygen atoms in total. The molecule has 0 aromatic carbocycles. The predicted octanol–water partition coefficient (Wildman–Crippen LogP) is 2.01. The van der Waals surface area contributed by atoms with Gasteiger partial charge in [-0.15, -0.1) is 11.8 Å². The summed E-state index contributed by atoms with van der Waals surface area (Å²) in [6.45, 7) is 5.76. The molecule has 0 saturated carbocycles. The first-order valence-corrected chi connectivity index (χ1v) is 7.57. The highest BCUT2D eigenvalue weighted by molar-refractivity contribution is 8.00. The van der Waals surface area contributed by atoms with Crippen LogP contribution in [0, 0.1) is 12.8 Å². The van der Waals surface area contributed by atoms with E-state index >= 15 is 0 Å². The number of aliphatic carboxylic acids is 1. The Balaban J connectivity index is 2.37. The van der Waals surface area contributed by atoms with Gasteiger partial charge in [0.15, 0.2) is 0 Å². The molecule has 1 aromatic heterocycles. The van der Waals surface area contributed by atoms with Gasteiger partial charge in [0.1, 0.15) is 6.04 Å². The highest BCUT2D eigenvalue weighted by Gasteiger charge is 2.43. The smallest absolute Gasteiger partial charge is 0.327 e. The van der Waals surface area contributed by atoms with Gasteiger partial charge in [-0.1, -0.05) is 13.8 Å². The number of carboxylic acids is 1. The van der Waals surface area contributed by atoms with Gasteiger partial charge in [0.05, 0.1) is 10.9 Å². The van der Waals surface area contributed by atoms with Crippen LogP contribution < -0.4 is 0 Å². The van der Waals surface area contributed by atoms with Crippen LogP contribution >= 0.6 is 11.8 Å². The molecule has 108 valence electrons. The molecular formula is C14H18N2O3S. The molecule has 2 heterocycles. The van der Waals surface area contributed by atoms with E-state index in [1.807, 2.05) is 13.8 Å². The predicted molar refractivity (Wildman–Crippen MR) is 77.7 cm³/mol. The Hall–Kier alpha value is -1.56. The summed E-state index contributed by atoms with van der Waals surface area (Å²) in [5.74, 6) is -0.559. The summed E-state index contributed by atoms with van der Waals surface area (Å²) in [4.78, 5) is 29.7. The molecule has 1 N–H and O–H groups in total. The van der Waals surface area contributed by atoms with Crippen molar-refractivity contribution < 1.29 is 14.7 Å². The SMILES string of the molecule is Cc1ncccc1C(=O)N1C(C(=O)O)CSC1C(C)C. The number of carbonyl (C=O) groups excluding carboxylic acids is 1. The Morgan fingerprint density at radius 2 is 2.20 bits per heavy atom. The molecule has 1 saturated heterocycles. The summed E-state index contributed by atoms with van der Waals surface area (Å²) in [6.07, 6.45) is 1.62. The minimum atomic E-state index is -0.949. The Morgan fingerprint density at radius 3 is 2.75 bits per heavy atom. The fraction of sp³-hybridized carbons (Fsp3) is 0.500. The molecule has 1 aliphatic rings. The summed E-state index contributed by atoms with van der Waals surface area (Å²) in [5, 5.41) is 9.22. The van der Waals surface area contributed by atoms with Crippen molar-refractivity contribution in [3.63, 3.8) is 0 Å². The molecule has 2 unspecified atom stereocenters. The Morgan fingerprint density at radius 1 is 1.50 bits per heavy atom. The van der Waals surface area contributed by atoms with Crippen LogP contribution in [0.2, 0.25) is 0 Å². The molecule has 2 atom stereocenters. The second-order valence-electron chi connectivity index (χ2n) is 5.17. The zero-order chi connectivity index (χ0) is 14.9. The summed E-state index contributed by atoms with van der Waals surface area (Å²) in [5.41, 5.74) is 1.10. The highest BCUT2D eigenvalue weighted by atomic mass is 32.2. The number of nitrogens with zero attached hydrogens (tertiary/aromatic N) is 2. The molecule has 0 bridgehead atoms. The van der Waals surface area contributed by atoms with Gasteiger partial charge in [-0.05, 0) is 25.0 Å². The maximum atomic E-state index is 12.7. The molecule has 1 amide bonds. The number of pyridine rings is 1. The van der Waals surface area contributed by atoms with Crippen LogP contribution in [0.1, 0.15) is 29.9 Å². The standard InChI is InChI=1S/C14H18N2O3S/c1-8(2)13-16(11(7-20-13)14(18)19)12(17)10-5-4-6-15-9(10)3/h4-6,8,11,13H,7H2,1-3H3,(H,18,19). The number of carbonyl (C=O) groups is 2. The van der Waals surface area contributed by atoms with Gasteiger partial charge in [0.25, 0.3) is 5.91 Å². The molecule has 0 spiro atoms. The monoisotopic (exact) mass is 294 g/mol. The van der Waals surface area contributed by atoms with Crippen molar-refractivity contribution in [3.8, 4) is 0 Å². The first-order valence-electron chi connectivity index (χ1n) is 6.52. The van der Waals surface area contributed by atoms with Gasteiger partial charge in [0.2, 0.25) is 0 Å². The first kappa shape index (κ1) is 14.8. The third-order valence-electron chi connectivity index (χ3n) is 3.36. The topological polar surface area (TPSA) is 70.5 Å². The number of rotatable bonds is 3. The van der Waals surface area contributed by atoms with Crippen LogP contribution in [0.25, 0.3) is 0 Å². The average Bonchev–Trinajstić information content (AvgIpc) is 2.83. The molecule has 6 heteroatoms. The lowest BCUT2D eigenvalue weighted by molar-refractivity contribution is -0.141. The van der Waals surface area contributed by atoms with Crippen LogP contribution in [-0.4, -0.2) is 44.0 Å². The third kappa shape index (κ3) is 2.65. The molecule has 0 aliphatic carbocycles. The van der Waals surface area contributed by atoms with E-state index in [9.17, 15) is 14.7 Å². The van der Waals surface area contributed by atoms with Crippen molar-refractivity contribution in [2.24, 2.45) is 5.92 Å². The lowest BCUT2D eigenvalue weighted by Crippen LogP contribution is -2.47. The van der Waals surface area contributed by atoms with Crippen LogP contribution in [0.3, 0.4) is 0 Å². The quantitative estimate of drug-likeness (QED) is 0.923.